The minimum absolute atomic E-state index is 0.750. The van der Waals surface area contributed by atoms with Gasteiger partial charge in [0, 0.05) is 20.3 Å². The van der Waals surface area contributed by atoms with Gasteiger partial charge in [-0.2, -0.15) is 13.2 Å². The van der Waals surface area contributed by atoms with Crippen LogP contribution in [-0.4, -0.2) is 32.3 Å². The molecule has 0 saturated carbocycles. The summed E-state index contributed by atoms with van der Waals surface area (Å²) in [4.78, 5) is 12.0. The standard InChI is InChI=1S/C6H4F3NO.C5H11N.C2H6O/c7-6(8,9)4-2-1-3-5(11)10-4;1-2-4-6-5-3-1;1-3-2/h1-3H,(H,10,11);6H,1-5H2;1-2H3. The Labute approximate surface area is 116 Å². The smallest absolute Gasteiger partial charge is 0.388 e. The van der Waals surface area contributed by atoms with Crippen molar-refractivity contribution in [1.29, 1.82) is 0 Å². The van der Waals surface area contributed by atoms with Gasteiger partial charge in [0.2, 0.25) is 5.56 Å². The van der Waals surface area contributed by atoms with Gasteiger partial charge < -0.3 is 15.0 Å². The normalized spacial score (nSPS) is 14.4. The summed E-state index contributed by atoms with van der Waals surface area (Å²) in [5.74, 6) is 0. The lowest BCUT2D eigenvalue weighted by molar-refractivity contribution is -0.141. The van der Waals surface area contributed by atoms with E-state index in [2.05, 4.69) is 10.1 Å². The number of H-pyrrole nitrogens is 1. The van der Waals surface area contributed by atoms with E-state index in [4.69, 9.17) is 0 Å². The first kappa shape index (κ1) is 18.7. The fraction of sp³-hybridized carbons (Fsp3) is 0.615. The number of halogens is 3. The van der Waals surface area contributed by atoms with Gasteiger partial charge >= 0.3 is 6.18 Å². The maximum absolute atomic E-state index is 11.8. The van der Waals surface area contributed by atoms with E-state index >= 15 is 0 Å². The topological polar surface area (TPSA) is 54.1 Å². The highest BCUT2D eigenvalue weighted by atomic mass is 19.4. The maximum Gasteiger partial charge on any atom is 0.431 e. The second-order valence-corrected chi connectivity index (χ2v) is 4.15. The van der Waals surface area contributed by atoms with E-state index in [0.29, 0.717) is 0 Å². The van der Waals surface area contributed by atoms with Crippen molar-refractivity contribution >= 4 is 0 Å². The minimum Gasteiger partial charge on any atom is -0.388 e. The zero-order valence-electron chi connectivity index (χ0n) is 11.7. The Morgan fingerprint density at radius 3 is 1.90 bits per heavy atom. The highest BCUT2D eigenvalue weighted by Crippen LogP contribution is 2.25. The van der Waals surface area contributed by atoms with Crippen molar-refractivity contribution in [2.75, 3.05) is 27.3 Å². The van der Waals surface area contributed by atoms with Gasteiger partial charge in [0.1, 0.15) is 5.69 Å². The van der Waals surface area contributed by atoms with Crippen LogP contribution in [0.1, 0.15) is 25.0 Å². The zero-order chi connectivity index (χ0) is 15.4. The first-order chi connectivity index (χ1) is 9.41. The molecule has 116 valence electrons. The van der Waals surface area contributed by atoms with E-state index in [1.165, 1.54) is 32.4 Å². The van der Waals surface area contributed by atoms with E-state index in [-0.39, 0.29) is 0 Å². The highest BCUT2D eigenvalue weighted by molar-refractivity contribution is 5.06. The Morgan fingerprint density at radius 1 is 1.10 bits per heavy atom. The van der Waals surface area contributed by atoms with Gasteiger partial charge in [-0.25, -0.2) is 0 Å². The second kappa shape index (κ2) is 10.4. The Bertz CT molecular complexity index is 390. The third kappa shape index (κ3) is 9.57. The van der Waals surface area contributed by atoms with Gasteiger partial charge in [0.15, 0.2) is 0 Å². The van der Waals surface area contributed by atoms with Crippen molar-refractivity contribution < 1.29 is 17.9 Å². The van der Waals surface area contributed by atoms with Crippen LogP contribution in [0.5, 0.6) is 0 Å². The van der Waals surface area contributed by atoms with Crippen molar-refractivity contribution in [2.45, 2.75) is 25.4 Å². The molecule has 4 nitrogen and oxygen atoms in total. The molecule has 1 aliphatic heterocycles. The van der Waals surface area contributed by atoms with Crippen LogP contribution in [-0.2, 0) is 10.9 Å². The molecule has 1 aromatic heterocycles. The summed E-state index contributed by atoms with van der Waals surface area (Å²) < 4.78 is 39.6. The Kier molecular flexibility index (Phi) is 9.75. The summed E-state index contributed by atoms with van der Waals surface area (Å²) in [5.41, 5.74) is -1.77. The van der Waals surface area contributed by atoms with E-state index in [0.717, 1.165) is 18.2 Å². The molecular formula is C13H21F3N2O2. The number of piperidine rings is 1. The van der Waals surface area contributed by atoms with Crippen molar-refractivity contribution in [3.63, 3.8) is 0 Å². The number of nitrogens with one attached hydrogen (secondary N) is 2. The lowest BCUT2D eigenvalue weighted by Crippen LogP contribution is -2.21. The van der Waals surface area contributed by atoms with Gasteiger partial charge in [-0.3, -0.25) is 4.79 Å². The number of hydrogen-bond acceptors (Lipinski definition) is 3. The van der Waals surface area contributed by atoms with Crippen LogP contribution < -0.4 is 10.9 Å². The Balaban J connectivity index is 0.000000336. The molecule has 2 heterocycles. The Morgan fingerprint density at radius 2 is 1.65 bits per heavy atom. The van der Waals surface area contributed by atoms with Gasteiger partial charge in [0.25, 0.3) is 0 Å². The third-order valence-electron chi connectivity index (χ3n) is 2.28. The molecule has 1 aromatic rings. The largest absolute Gasteiger partial charge is 0.431 e. The SMILES string of the molecule is C1CCNCC1.COC.O=c1cccc(C(F)(F)F)[nH]1. The number of ether oxygens (including phenoxy) is 1. The Hall–Kier alpha value is -1.34. The molecular weight excluding hydrogens is 273 g/mol. The average Bonchev–Trinajstić information content (AvgIpc) is 2.41. The molecule has 0 aliphatic carbocycles. The van der Waals surface area contributed by atoms with Crippen LogP contribution >= 0.6 is 0 Å². The molecule has 0 radical (unpaired) electrons. The minimum atomic E-state index is -4.47. The molecule has 1 fully saturated rings. The second-order valence-electron chi connectivity index (χ2n) is 4.15. The molecule has 0 amide bonds. The van der Waals surface area contributed by atoms with Crippen molar-refractivity contribution in [3.8, 4) is 0 Å². The highest BCUT2D eigenvalue weighted by Gasteiger charge is 2.31. The van der Waals surface area contributed by atoms with Crippen LogP contribution in [0.3, 0.4) is 0 Å². The molecule has 7 heteroatoms. The molecule has 1 saturated heterocycles. The summed E-state index contributed by atoms with van der Waals surface area (Å²) in [7, 11) is 3.25. The van der Waals surface area contributed by atoms with Crippen LogP contribution in [0.15, 0.2) is 23.0 Å². The predicted octanol–water partition coefficient (Wildman–Crippen LogP) is 2.42. The van der Waals surface area contributed by atoms with Crippen LogP contribution in [0.25, 0.3) is 0 Å². The molecule has 0 spiro atoms. The van der Waals surface area contributed by atoms with E-state index in [1.807, 2.05) is 0 Å². The molecule has 0 aromatic carbocycles. The molecule has 0 unspecified atom stereocenters. The number of aromatic amines is 1. The maximum atomic E-state index is 11.8. The number of methoxy groups -OCH3 is 1. The number of alkyl halides is 3. The zero-order valence-corrected chi connectivity index (χ0v) is 11.7. The summed E-state index contributed by atoms with van der Waals surface area (Å²) in [6.07, 6.45) is -0.257. The number of hydrogen-bond donors (Lipinski definition) is 2. The monoisotopic (exact) mass is 294 g/mol. The number of aromatic nitrogens is 1. The van der Waals surface area contributed by atoms with Crippen LogP contribution in [0, 0.1) is 0 Å². The summed E-state index contributed by atoms with van der Waals surface area (Å²) in [5, 5.41) is 3.28. The number of pyridine rings is 1. The van der Waals surface area contributed by atoms with E-state index in [1.54, 1.807) is 19.2 Å². The fourth-order valence-corrected chi connectivity index (χ4v) is 1.41. The summed E-state index contributed by atoms with van der Waals surface area (Å²) >= 11 is 0. The van der Waals surface area contributed by atoms with Crippen molar-refractivity contribution in [1.82, 2.24) is 10.3 Å². The molecule has 2 rings (SSSR count). The fourth-order valence-electron chi connectivity index (χ4n) is 1.41. The van der Waals surface area contributed by atoms with E-state index in [9.17, 15) is 18.0 Å². The third-order valence-corrected chi connectivity index (χ3v) is 2.28. The quantitative estimate of drug-likeness (QED) is 0.772. The summed E-state index contributed by atoms with van der Waals surface area (Å²) in [6, 6.07) is 2.89. The van der Waals surface area contributed by atoms with E-state index < -0.39 is 17.4 Å². The lowest BCUT2D eigenvalue weighted by Gasteiger charge is -2.08. The molecule has 1 aliphatic rings. The lowest BCUT2D eigenvalue weighted by atomic mass is 10.2. The summed E-state index contributed by atoms with van der Waals surface area (Å²) in [6.45, 7) is 2.50. The molecule has 20 heavy (non-hydrogen) atoms. The first-order valence-corrected chi connectivity index (χ1v) is 6.29. The average molecular weight is 294 g/mol. The molecule has 2 N–H and O–H groups in total. The van der Waals surface area contributed by atoms with Gasteiger partial charge in [-0.15, -0.1) is 0 Å². The molecule has 0 bridgehead atoms. The molecule has 0 atom stereocenters. The predicted molar refractivity (Wildman–Crippen MR) is 71.7 cm³/mol. The first-order valence-electron chi connectivity index (χ1n) is 6.29. The van der Waals surface area contributed by atoms with Crippen molar-refractivity contribution in [2.24, 2.45) is 0 Å². The van der Waals surface area contributed by atoms with Crippen LogP contribution in [0.4, 0.5) is 13.2 Å². The van der Waals surface area contributed by atoms with Crippen LogP contribution in [0.2, 0.25) is 0 Å². The van der Waals surface area contributed by atoms with Gasteiger partial charge in [0.05, 0.1) is 0 Å². The van der Waals surface area contributed by atoms with Gasteiger partial charge in [-0.1, -0.05) is 12.5 Å². The van der Waals surface area contributed by atoms with Gasteiger partial charge in [-0.05, 0) is 32.0 Å². The van der Waals surface area contributed by atoms with Crippen molar-refractivity contribution in [3.05, 3.63) is 34.2 Å². The number of rotatable bonds is 0.